The van der Waals surface area contributed by atoms with Gasteiger partial charge in [0.1, 0.15) is 17.4 Å². The molecule has 2 atom stereocenters. The molecular formula is C47H68ClF4N7O5S2. The zero-order valence-electron chi connectivity index (χ0n) is 39.3. The fourth-order valence-electron chi connectivity index (χ4n) is 10.00. The van der Waals surface area contributed by atoms with Gasteiger partial charge in [0.05, 0.1) is 31.9 Å². The van der Waals surface area contributed by atoms with E-state index in [1.165, 1.54) is 15.5 Å². The van der Waals surface area contributed by atoms with Gasteiger partial charge in [0.15, 0.2) is 0 Å². The Morgan fingerprint density at radius 3 is 1.41 bits per heavy atom. The third-order valence-corrected chi connectivity index (χ3v) is 17.3. The SMILES string of the molecule is CC(=O)C[C@H]1CCN(S(=O)(=O)c2ccc3c(c2)nc(C(C)(C)C)n3CC2CCC(F)(F)CC2)C1.CC(C)(C)c1nc2cc(S(=O)(=O)N3CC[C@H](N)C3)ccc2n1CC1CCC(F)(F)CC1.Cl. The van der Waals surface area contributed by atoms with E-state index in [1.807, 2.05) is 0 Å². The van der Waals surface area contributed by atoms with Gasteiger partial charge >= 0.3 is 0 Å². The lowest BCUT2D eigenvalue weighted by molar-refractivity contribution is -0.117. The summed E-state index contributed by atoms with van der Waals surface area (Å²) in [5.74, 6) is -3.01. The summed E-state index contributed by atoms with van der Waals surface area (Å²) in [5.41, 5.74) is 8.25. The lowest BCUT2D eigenvalue weighted by Gasteiger charge is -2.30. The Morgan fingerprint density at radius 2 is 1.05 bits per heavy atom. The predicted octanol–water partition coefficient (Wildman–Crippen LogP) is 9.45. The fourth-order valence-corrected chi connectivity index (χ4v) is 13.1. The number of hydrogen-bond donors (Lipinski definition) is 1. The molecule has 0 spiro atoms. The zero-order chi connectivity index (χ0) is 47.5. The number of imidazole rings is 2. The first-order chi connectivity index (χ1) is 30.1. The van der Waals surface area contributed by atoms with Crippen molar-refractivity contribution in [2.75, 3.05) is 26.2 Å². The summed E-state index contributed by atoms with van der Waals surface area (Å²) in [4.78, 5) is 21.5. The average Bonchev–Trinajstić information content (AvgIpc) is 4.02. The number of alkyl halides is 4. The van der Waals surface area contributed by atoms with Crippen LogP contribution in [0.1, 0.15) is 131 Å². The monoisotopic (exact) mass is 985 g/mol. The first-order valence-corrected chi connectivity index (χ1v) is 26.0. The number of aromatic nitrogens is 4. The van der Waals surface area contributed by atoms with E-state index in [4.69, 9.17) is 15.7 Å². The lowest BCUT2D eigenvalue weighted by atomic mass is 9.86. The van der Waals surface area contributed by atoms with Gasteiger partial charge in [0.2, 0.25) is 31.9 Å². The molecule has 4 aromatic rings. The largest absolute Gasteiger partial charge is 0.327 e. The second-order valence-corrected chi connectivity index (χ2v) is 25.2. The number of carbonyl (C=O) groups is 1. The van der Waals surface area contributed by atoms with Crippen molar-refractivity contribution in [2.45, 2.75) is 171 Å². The molecule has 19 heteroatoms. The minimum Gasteiger partial charge on any atom is -0.327 e. The Bertz CT molecular complexity index is 2600. The van der Waals surface area contributed by atoms with Crippen molar-refractivity contribution in [2.24, 2.45) is 23.5 Å². The van der Waals surface area contributed by atoms with Crippen molar-refractivity contribution >= 4 is 60.3 Å². The summed E-state index contributed by atoms with van der Waals surface area (Å²) in [7, 11) is -7.31. The minimum absolute atomic E-state index is 0. The fraction of sp³-hybridized carbons (Fsp3) is 0.681. The van der Waals surface area contributed by atoms with Crippen LogP contribution in [0, 0.1) is 17.8 Å². The van der Waals surface area contributed by atoms with E-state index in [2.05, 4.69) is 50.7 Å². The van der Waals surface area contributed by atoms with Crippen molar-refractivity contribution in [3.8, 4) is 0 Å². The summed E-state index contributed by atoms with van der Waals surface area (Å²) in [6.45, 7) is 16.6. The van der Waals surface area contributed by atoms with Crippen LogP contribution in [0.15, 0.2) is 46.2 Å². The number of nitrogens with two attached hydrogens (primary N) is 1. The highest BCUT2D eigenvalue weighted by atomic mass is 35.5. The Labute approximate surface area is 394 Å². The van der Waals surface area contributed by atoms with Gasteiger partial charge in [0, 0.05) is 88.2 Å². The van der Waals surface area contributed by atoms with Gasteiger partial charge in [-0.25, -0.2) is 44.4 Å². The molecule has 0 amide bonds. The maximum absolute atomic E-state index is 13.7. The van der Waals surface area contributed by atoms with Crippen molar-refractivity contribution < 1.29 is 39.2 Å². The summed E-state index contributed by atoms with van der Waals surface area (Å²) in [6, 6.07) is 9.98. The van der Waals surface area contributed by atoms with Crippen LogP contribution >= 0.6 is 12.4 Å². The Balaban J connectivity index is 0.000000216. The van der Waals surface area contributed by atoms with E-state index >= 15 is 0 Å². The van der Waals surface area contributed by atoms with Crippen LogP contribution in [0.25, 0.3) is 22.1 Å². The number of fused-ring (bicyclic) bond motifs is 2. The molecule has 2 aliphatic heterocycles. The number of nitrogens with zero attached hydrogens (tertiary/aromatic N) is 6. The number of rotatable bonds is 10. The van der Waals surface area contributed by atoms with Crippen molar-refractivity contribution in [3.63, 3.8) is 0 Å². The highest BCUT2D eigenvalue weighted by Gasteiger charge is 2.39. The normalized spacial score (nSPS) is 22.7. The number of carbonyl (C=O) groups excluding carboxylic acids is 1. The molecule has 0 radical (unpaired) electrons. The predicted molar refractivity (Wildman–Crippen MR) is 251 cm³/mol. The molecule has 2 aliphatic carbocycles. The third-order valence-electron chi connectivity index (χ3n) is 13.6. The van der Waals surface area contributed by atoms with Gasteiger partial charge in [0.25, 0.3) is 0 Å². The van der Waals surface area contributed by atoms with Crippen LogP contribution < -0.4 is 5.73 Å². The summed E-state index contributed by atoms with van der Waals surface area (Å²) in [5, 5.41) is 0. The highest BCUT2D eigenvalue weighted by molar-refractivity contribution is 7.89. The van der Waals surface area contributed by atoms with Gasteiger partial charge in [-0.15, -0.1) is 12.4 Å². The molecule has 4 fully saturated rings. The van der Waals surface area contributed by atoms with E-state index in [0.717, 1.165) is 22.7 Å². The number of Topliss-reactive ketones (excluding diaryl/α,β-unsaturated/α-hetero) is 1. The summed E-state index contributed by atoms with van der Waals surface area (Å²) < 4.78 is 114. The molecule has 2 aromatic carbocycles. The molecule has 8 rings (SSSR count). The van der Waals surface area contributed by atoms with Crippen molar-refractivity contribution in [1.29, 1.82) is 0 Å². The molecule has 0 bridgehead atoms. The number of benzene rings is 2. The quantitative estimate of drug-likeness (QED) is 0.154. The smallest absolute Gasteiger partial charge is 0.248 e. The molecule has 368 valence electrons. The second kappa shape index (κ2) is 19.3. The summed E-state index contributed by atoms with van der Waals surface area (Å²) in [6.07, 6.45) is 3.33. The highest BCUT2D eigenvalue weighted by Crippen LogP contribution is 2.40. The first kappa shape index (κ1) is 52.2. The van der Waals surface area contributed by atoms with Crippen LogP contribution in [0.4, 0.5) is 17.6 Å². The molecule has 2 aromatic heterocycles. The van der Waals surface area contributed by atoms with Gasteiger partial charge in [-0.05, 0) is 99.6 Å². The van der Waals surface area contributed by atoms with Crippen LogP contribution in [0.2, 0.25) is 0 Å². The third kappa shape index (κ3) is 11.6. The topological polar surface area (TPSA) is 153 Å². The van der Waals surface area contributed by atoms with Crippen LogP contribution in [-0.4, -0.2) is 94.4 Å². The van der Waals surface area contributed by atoms with Crippen LogP contribution in [0.5, 0.6) is 0 Å². The van der Waals surface area contributed by atoms with Crippen molar-refractivity contribution in [3.05, 3.63) is 48.0 Å². The lowest BCUT2D eigenvalue weighted by Crippen LogP contribution is -2.31. The Morgan fingerprint density at radius 1 is 0.652 bits per heavy atom. The Hall–Kier alpha value is -3.16. The molecule has 2 saturated heterocycles. The van der Waals surface area contributed by atoms with Crippen LogP contribution in [0.3, 0.4) is 0 Å². The minimum atomic E-state index is -3.69. The number of halogens is 5. The number of ketones is 1. The van der Waals surface area contributed by atoms with Gasteiger partial charge in [-0.1, -0.05) is 41.5 Å². The van der Waals surface area contributed by atoms with Gasteiger partial charge in [-0.2, -0.15) is 8.61 Å². The maximum Gasteiger partial charge on any atom is 0.248 e. The van der Waals surface area contributed by atoms with E-state index in [-0.39, 0.29) is 88.3 Å². The maximum atomic E-state index is 13.7. The van der Waals surface area contributed by atoms with E-state index in [0.29, 0.717) is 95.2 Å². The molecule has 4 aliphatic rings. The van der Waals surface area contributed by atoms with E-state index in [9.17, 15) is 39.2 Å². The Kier molecular flexibility index (Phi) is 15.3. The molecule has 4 heterocycles. The number of hydrogen-bond acceptors (Lipinski definition) is 8. The zero-order valence-corrected chi connectivity index (χ0v) is 41.8. The molecule has 2 saturated carbocycles. The van der Waals surface area contributed by atoms with Crippen LogP contribution in [-0.2, 0) is 48.8 Å². The first-order valence-electron chi connectivity index (χ1n) is 23.2. The number of sulfonamides is 2. The average molecular weight is 987 g/mol. The van der Waals surface area contributed by atoms with Gasteiger partial charge in [-0.3, -0.25) is 0 Å². The molecular weight excluding hydrogens is 918 g/mol. The standard InChI is InChI=1S/C25H35F2N3O3S.C22H32F2N4O2S.ClH/c1-17(31)13-19-9-12-29(15-19)34(32,33)20-5-6-22-21(14-20)28-23(24(2,3)4)30(22)16-18-7-10-25(26,27)11-8-18;1-21(2,3)20-26-18-12-17(31(29,30)27-11-8-16(25)14-27)4-5-19(18)28(20)13-15-6-9-22(23,24)10-7-15;/h5-6,14,18-19H,7-13,15-16H2,1-4H3;4-5,12,15-16H,6-11,13-14,25H2,1-3H3;1H/t19-;16-;/m10./s1. The summed E-state index contributed by atoms with van der Waals surface area (Å²) >= 11 is 0. The van der Waals surface area contributed by atoms with E-state index in [1.54, 1.807) is 36.4 Å². The van der Waals surface area contributed by atoms with Crippen molar-refractivity contribution in [1.82, 2.24) is 27.7 Å². The molecule has 12 nitrogen and oxygen atoms in total. The van der Waals surface area contributed by atoms with Gasteiger partial charge < -0.3 is 19.7 Å². The van der Waals surface area contributed by atoms with E-state index < -0.39 is 31.9 Å². The molecule has 2 N–H and O–H groups in total. The second-order valence-electron chi connectivity index (χ2n) is 21.3. The molecule has 0 unspecified atom stereocenters. The molecule has 66 heavy (non-hydrogen) atoms.